The van der Waals surface area contributed by atoms with E-state index in [0.717, 1.165) is 37.6 Å². The third kappa shape index (κ3) is 12.7. The Balaban J connectivity index is 0.000000384. The fraction of sp³-hybridized carbons (Fsp3) is 0.517. The molecule has 2 amide bonds. The summed E-state index contributed by atoms with van der Waals surface area (Å²) in [4.78, 5) is 27.4. The molecule has 206 valence electrons. The van der Waals surface area contributed by atoms with Gasteiger partial charge in [-0.3, -0.25) is 9.59 Å². The number of nitrogens with one attached hydrogen (secondary N) is 2. The topological polar surface area (TPSA) is 64.7 Å². The Kier molecular flexibility index (Phi) is 16.7. The van der Waals surface area contributed by atoms with Crippen LogP contribution in [-0.4, -0.2) is 49.0 Å². The quantitative estimate of drug-likeness (QED) is 0.198. The fourth-order valence-corrected chi connectivity index (χ4v) is 3.76. The average Bonchev–Trinajstić information content (AvgIpc) is 2.91. The first-order chi connectivity index (χ1) is 17.8. The number of hydrogen-bond acceptors (Lipinski definition) is 6. The predicted octanol–water partition coefficient (Wildman–Crippen LogP) is 6.75. The van der Waals surface area contributed by atoms with Gasteiger partial charge in [0, 0.05) is 48.9 Å². The van der Waals surface area contributed by atoms with Crippen molar-refractivity contribution < 1.29 is 9.59 Å². The van der Waals surface area contributed by atoms with Gasteiger partial charge in [-0.2, -0.15) is 25.3 Å². The van der Waals surface area contributed by atoms with Gasteiger partial charge in [-0.25, -0.2) is 0 Å². The number of thiol groups is 2. The maximum Gasteiger partial charge on any atom is 0.236 e. The molecule has 0 spiro atoms. The van der Waals surface area contributed by atoms with Crippen LogP contribution in [0.2, 0.25) is 0 Å². The number of nitrogens with zero attached hydrogens (tertiary/aromatic N) is 2. The molecule has 1 atom stereocenters. The van der Waals surface area contributed by atoms with Crippen LogP contribution in [0.1, 0.15) is 60.3 Å². The first-order valence-corrected chi connectivity index (χ1v) is 14.5. The Morgan fingerprint density at radius 3 is 1.57 bits per heavy atom. The highest BCUT2D eigenvalue weighted by Crippen LogP contribution is 2.20. The van der Waals surface area contributed by atoms with Gasteiger partial charge in [0.05, 0.1) is 11.0 Å². The molecule has 1 unspecified atom stereocenters. The molecule has 37 heavy (non-hydrogen) atoms. The van der Waals surface area contributed by atoms with E-state index in [1.54, 1.807) is 6.92 Å². The van der Waals surface area contributed by atoms with Gasteiger partial charge in [0.1, 0.15) is 0 Å². The molecular formula is C29H46N4O2S2. The molecule has 0 aromatic heterocycles. The van der Waals surface area contributed by atoms with Gasteiger partial charge in [0.2, 0.25) is 11.8 Å². The van der Waals surface area contributed by atoms with Gasteiger partial charge in [-0.05, 0) is 82.1 Å². The van der Waals surface area contributed by atoms with Crippen LogP contribution in [0.15, 0.2) is 48.5 Å². The summed E-state index contributed by atoms with van der Waals surface area (Å²) in [6.07, 6.45) is 4.83. The number of rotatable bonds is 14. The molecule has 8 heteroatoms. The van der Waals surface area contributed by atoms with Crippen molar-refractivity contribution in [3.8, 4) is 0 Å². The van der Waals surface area contributed by atoms with E-state index in [4.69, 9.17) is 0 Å². The summed E-state index contributed by atoms with van der Waals surface area (Å²) in [5, 5.41) is 5.32. The smallest absolute Gasteiger partial charge is 0.236 e. The van der Waals surface area contributed by atoms with Crippen molar-refractivity contribution >= 4 is 59.8 Å². The maximum atomic E-state index is 11.6. The molecule has 2 N–H and O–H groups in total. The lowest BCUT2D eigenvalue weighted by molar-refractivity contribution is -0.115. The lowest BCUT2D eigenvalue weighted by atomic mass is 10.2. The minimum Gasteiger partial charge on any atom is -0.372 e. The van der Waals surface area contributed by atoms with E-state index in [1.165, 1.54) is 37.1 Å². The van der Waals surface area contributed by atoms with Gasteiger partial charge < -0.3 is 20.4 Å². The molecule has 0 aliphatic heterocycles. The molecule has 0 saturated heterocycles. The summed E-state index contributed by atoms with van der Waals surface area (Å²) < 4.78 is 0. The molecule has 2 rings (SSSR count). The van der Waals surface area contributed by atoms with Crippen LogP contribution in [0, 0.1) is 0 Å². The minimum absolute atomic E-state index is 0.0695. The molecule has 2 aromatic rings. The fourth-order valence-electron chi connectivity index (χ4n) is 3.62. The molecular weight excluding hydrogens is 500 g/mol. The third-order valence-corrected chi connectivity index (χ3v) is 6.39. The Bertz CT molecular complexity index is 893. The lowest BCUT2D eigenvalue weighted by Gasteiger charge is -2.25. The molecule has 2 aromatic carbocycles. The third-order valence-electron chi connectivity index (χ3n) is 5.87. The van der Waals surface area contributed by atoms with Crippen LogP contribution >= 0.6 is 25.3 Å². The van der Waals surface area contributed by atoms with E-state index in [0.29, 0.717) is 0 Å². The first-order valence-electron chi connectivity index (χ1n) is 13.4. The van der Waals surface area contributed by atoms with Crippen molar-refractivity contribution in [3.05, 3.63) is 48.5 Å². The highest BCUT2D eigenvalue weighted by atomic mass is 32.1. The highest BCUT2D eigenvalue weighted by Gasteiger charge is 2.09. The molecule has 6 nitrogen and oxygen atoms in total. The van der Waals surface area contributed by atoms with Gasteiger partial charge in [-0.15, -0.1) is 0 Å². The van der Waals surface area contributed by atoms with Crippen LogP contribution in [0.3, 0.4) is 0 Å². The predicted molar refractivity (Wildman–Crippen MR) is 168 cm³/mol. The summed E-state index contributed by atoms with van der Waals surface area (Å²) in [6.45, 7) is 14.6. The lowest BCUT2D eigenvalue weighted by Crippen LogP contribution is -2.25. The van der Waals surface area contributed by atoms with E-state index in [9.17, 15) is 9.59 Å². The van der Waals surface area contributed by atoms with E-state index in [2.05, 4.69) is 85.5 Å². The standard InChI is InChI=1S/C17H28N2OS.C12H18N2OS/c1-4-6-12-19(13-7-5-2)16-10-8-15(9-11-16)18-17(20)14(3)21;1-3-14(4-2)11-7-5-10(6-8-11)13-12(15)9-16/h8-11,14,21H,4-7,12-13H2,1-3H3,(H,18,20);5-8,16H,3-4,9H2,1-2H3,(H,13,15). The van der Waals surface area contributed by atoms with E-state index < -0.39 is 0 Å². The van der Waals surface area contributed by atoms with E-state index in [-0.39, 0.29) is 22.8 Å². The minimum atomic E-state index is -0.296. The number of hydrogen-bond donors (Lipinski definition) is 4. The van der Waals surface area contributed by atoms with Crippen LogP contribution in [-0.2, 0) is 9.59 Å². The summed E-state index contributed by atoms with van der Waals surface area (Å²) in [5.41, 5.74) is 4.05. The van der Waals surface area contributed by atoms with Gasteiger partial charge in [-0.1, -0.05) is 26.7 Å². The van der Waals surface area contributed by atoms with E-state index >= 15 is 0 Å². The van der Waals surface area contributed by atoms with Crippen LogP contribution in [0.5, 0.6) is 0 Å². The van der Waals surface area contributed by atoms with Crippen LogP contribution < -0.4 is 20.4 Å². The van der Waals surface area contributed by atoms with Crippen molar-refractivity contribution in [3.63, 3.8) is 0 Å². The number of carbonyl (C=O) groups is 2. The molecule has 0 aliphatic carbocycles. The average molecular weight is 547 g/mol. The number of carbonyl (C=O) groups excluding carboxylic acids is 2. The van der Waals surface area contributed by atoms with Crippen LogP contribution in [0.4, 0.5) is 22.7 Å². The van der Waals surface area contributed by atoms with Crippen molar-refractivity contribution in [2.45, 2.75) is 65.6 Å². The molecule has 0 heterocycles. The number of unbranched alkanes of at least 4 members (excludes halogenated alkanes) is 2. The summed E-state index contributed by atoms with van der Waals surface area (Å²) in [7, 11) is 0. The number of anilines is 4. The summed E-state index contributed by atoms with van der Waals surface area (Å²) >= 11 is 8.04. The molecule has 0 radical (unpaired) electrons. The molecule has 0 aliphatic rings. The van der Waals surface area contributed by atoms with Crippen molar-refractivity contribution in [1.82, 2.24) is 0 Å². The summed E-state index contributed by atoms with van der Waals surface area (Å²) in [5.74, 6) is 0.0523. The van der Waals surface area contributed by atoms with E-state index in [1.807, 2.05) is 36.4 Å². The van der Waals surface area contributed by atoms with Crippen LogP contribution in [0.25, 0.3) is 0 Å². The largest absolute Gasteiger partial charge is 0.372 e. The SMILES string of the molecule is CCCCN(CCCC)c1ccc(NC(=O)C(C)S)cc1.CCN(CC)c1ccc(NC(=O)CS)cc1. The van der Waals surface area contributed by atoms with Gasteiger partial charge in [0.25, 0.3) is 0 Å². The second kappa shape index (κ2) is 18.9. The normalized spacial score (nSPS) is 11.1. The number of amides is 2. The number of benzene rings is 2. The maximum absolute atomic E-state index is 11.6. The first kappa shape index (κ1) is 32.7. The zero-order chi connectivity index (χ0) is 27.6. The van der Waals surface area contributed by atoms with Gasteiger partial charge >= 0.3 is 0 Å². The summed E-state index contributed by atoms with van der Waals surface area (Å²) in [6, 6.07) is 16.0. The Morgan fingerprint density at radius 1 is 0.757 bits per heavy atom. The molecule has 0 saturated carbocycles. The zero-order valence-corrected chi connectivity index (χ0v) is 25.0. The molecule has 0 fully saturated rings. The van der Waals surface area contributed by atoms with Gasteiger partial charge in [0.15, 0.2) is 0 Å². The zero-order valence-electron chi connectivity index (χ0n) is 23.2. The highest BCUT2D eigenvalue weighted by molar-refractivity contribution is 7.81. The van der Waals surface area contributed by atoms with Crippen molar-refractivity contribution in [1.29, 1.82) is 0 Å². The van der Waals surface area contributed by atoms with Crippen molar-refractivity contribution in [2.24, 2.45) is 0 Å². The molecule has 0 bridgehead atoms. The monoisotopic (exact) mass is 546 g/mol. The van der Waals surface area contributed by atoms with Crippen molar-refractivity contribution in [2.75, 3.05) is 52.4 Å². The second-order valence-corrected chi connectivity index (χ2v) is 9.92. The Hall–Kier alpha value is -2.32. The Morgan fingerprint density at radius 2 is 1.19 bits per heavy atom. The second-order valence-electron chi connectivity index (χ2n) is 8.83. The Labute approximate surface area is 235 Å².